The molecule has 1 aromatic carbocycles. The third kappa shape index (κ3) is 4.67. The predicted molar refractivity (Wildman–Crippen MR) is 108 cm³/mol. The molecule has 1 fully saturated rings. The predicted octanol–water partition coefficient (Wildman–Crippen LogP) is 2.68. The van der Waals surface area contributed by atoms with Crippen LogP contribution in [-0.4, -0.2) is 37.6 Å². The van der Waals surface area contributed by atoms with E-state index in [1.165, 1.54) is 17.4 Å². The molecule has 0 radical (unpaired) electrons. The van der Waals surface area contributed by atoms with Crippen molar-refractivity contribution >= 4 is 24.1 Å². The molecule has 1 saturated heterocycles. The summed E-state index contributed by atoms with van der Waals surface area (Å²) in [7, 11) is 0. The summed E-state index contributed by atoms with van der Waals surface area (Å²) in [6.07, 6.45) is 2.41. The number of hydrogen-bond acceptors (Lipinski definition) is 5. The molecule has 1 aliphatic rings. The number of piperidine rings is 1. The van der Waals surface area contributed by atoms with Crippen molar-refractivity contribution in [1.82, 2.24) is 24.5 Å². The van der Waals surface area contributed by atoms with Gasteiger partial charge in [0, 0.05) is 19.2 Å². The smallest absolute Gasteiger partial charge is 0.274 e. The van der Waals surface area contributed by atoms with E-state index in [4.69, 9.17) is 0 Å². The number of halogens is 1. The molecule has 7 nitrogen and oxygen atoms in total. The number of fused-ring (bicyclic) bond motifs is 1. The summed E-state index contributed by atoms with van der Waals surface area (Å²) in [6, 6.07) is 11.7. The fourth-order valence-electron chi connectivity index (χ4n) is 3.32. The van der Waals surface area contributed by atoms with Gasteiger partial charge in [0.2, 0.25) is 5.95 Å². The summed E-state index contributed by atoms with van der Waals surface area (Å²) in [6.45, 7) is 5.76. The van der Waals surface area contributed by atoms with E-state index in [0.29, 0.717) is 24.8 Å². The van der Waals surface area contributed by atoms with E-state index in [1.54, 1.807) is 6.07 Å². The largest absolute Gasteiger partial charge is 0.351 e. The zero-order valence-electron chi connectivity index (χ0n) is 15.4. The highest BCUT2D eigenvalue weighted by molar-refractivity contribution is 5.85. The molecule has 144 valence electrons. The maximum Gasteiger partial charge on any atom is 0.274 e. The van der Waals surface area contributed by atoms with Gasteiger partial charge < -0.3 is 5.32 Å². The van der Waals surface area contributed by atoms with Crippen LogP contribution in [0.4, 0.5) is 5.95 Å². The van der Waals surface area contributed by atoms with E-state index < -0.39 is 0 Å². The molecule has 0 amide bonds. The quantitative estimate of drug-likeness (QED) is 0.702. The van der Waals surface area contributed by atoms with Crippen LogP contribution in [-0.2, 0) is 13.1 Å². The van der Waals surface area contributed by atoms with Gasteiger partial charge in [-0.3, -0.25) is 14.8 Å². The van der Waals surface area contributed by atoms with Gasteiger partial charge in [-0.25, -0.2) is 4.98 Å². The van der Waals surface area contributed by atoms with E-state index in [-0.39, 0.29) is 18.0 Å². The highest BCUT2D eigenvalue weighted by Gasteiger charge is 2.17. The molecule has 3 aromatic rings. The van der Waals surface area contributed by atoms with Crippen LogP contribution in [0.1, 0.15) is 31.0 Å². The van der Waals surface area contributed by atoms with Crippen molar-refractivity contribution < 1.29 is 0 Å². The number of rotatable bonds is 5. The number of nitrogens with one attached hydrogen (secondary N) is 2. The summed E-state index contributed by atoms with van der Waals surface area (Å²) in [5.41, 5.74) is 1.80. The first-order chi connectivity index (χ1) is 12.7. The van der Waals surface area contributed by atoms with Crippen molar-refractivity contribution in [2.24, 2.45) is 5.92 Å². The maximum absolute atomic E-state index is 12.4. The summed E-state index contributed by atoms with van der Waals surface area (Å²) >= 11 is 0. The van der Waals surface area contributed by atoms with Crippen LogP contribution in [0.3, 0.4) is 0 Å². The summed E-state index contributed by atoms with van der Waals surface area (Å²) in [5, 5.41) is 6.18. The number of anilines is 1. The molecular formula is C19H25ClN6O. The first kappa shape index (κ1) is 19.4. The van der Waals surface area contributed by atoms with Gasteiger partial charge in [0.25, 0.3) is 11.3 Å². The van der Waals surface area contributed by atoms with Gasteiger partial charge in [-0.15, -0.1) is 12.4 Å². The summed E-state index contributed by atoms with van der Waals surface area (Å²) < 4.78 is 1.38. The highest BCUT2D eigenvalue weighted by Crippen LogP contribution is 2.17. The number of hydrogen-bond donors (Lipinski definition) is 2. The minimum Gasteiger partial charge on any atom is -0.351 e. The molecule has 1 aliphatic heterocycles. The van der Waals surface area contributed by atoms with Crippen molar-refractivity contribution in [3.05, 3.63) is 58.0 Å². The lowest BCUT2D eigenvalue weighted by Gasteiger charge is -2.29. The van der Waals surface area contributed by atoms with Gasteiger partial charge in [0.1, 0.15) is 0 Å². The third-order valence-electron chi connectivity index (χ3n) is 4.95. The SMILES string of the molecule is CC1CCN(Cc2cc(=O)n3[nH]c(NCc4ccccc4)nc3n2)CC1.Cl. The monoisotopic (exact) mass is 388 g/mol. The van der Waals surface area contributed by atoms with Gasteiger partial charge in [0.15, 0.2) is 0 Å². The third-order valence-corrected chi connectivity index (χ3v) is 4.95. The molecular weight excluding hydrogens is 364 g/mol. The second-order valence-corrected chi connectivity index (χ2v) is 7.09. The van der Waals surface area contributed by atoms with Crippen molar-refractivity contribution in [2.45, 2.75) is 32.9 Å². The lowest BCUT2D eigenvalue weighted by Crippen LogP contribution is -2.33. The molecule has 0 atom stereocenters. The van der Waals surface area contributed by atoms with E-state index in [0.717, 1.165) is 30.3 Å². The summed E-state index contributed by atoms with van der Waals surface area (Å²) in [5.74, 6) is 1.74. The van der Waals surface area contributed by atoms with Crippen LogP contribution in [0.15, 0.2) is 41.2 Å². The lowest BCUT2D eigenvalue weighted by atomic mass is 9.99. The summed E-state index contributed by atoms with van der Waals surface area (Å²) in [4.78, 5) is 23.7. The van der Waals surface area contributed by atoms with Crippen molar-refractivity contribution in [3.63, 3.8) is 0 Å². The molecule has 27 heavy (non-hydrogen) atoms. The molecule has 0 unspecified atom stereocenters. The highest BCUT2D eigenvalue weighted by atomic mass is 35.5. The Labute approximate surface area is 164 Å². The lowest BCUT2D eigenvalue weighted by molar-refractivity contribution is 0.183. The van der Waals surface area contributed by atoms with E-state index in [9.17, 15) is 4.79 Å². The van der Waals surface area contributed by atoms with Gasteiger partial charge in [-0.1, -0.05) is 37.3 Å². The van der Waals surface area contributed by atoms with Gasteiger partial charge in [0.05, 0.1) is 5.69 Å². The van der Waals surface area contributed by atoms with Crippen molar-refractivity contribution in [2.75, 3.05) is 18.4 Å². The molecule has 2 aromatic heterocycles. The normalized spacial score (nSPS) is 15.6. The number of H-pyrrole nitrogens is 1. The van der Waals surface area contributed by atoms with Crippen LogP contribution in [0.5, 0.6) is 0 Å². The van der Waals surface area contributed by atoms with Crippen LogP contribution in [0.2, 0.25) is 0 Å². The Morgan fingerprint density at radius 1 is 1.19 bits per heavy atom. The molecule has 0 bridgehead atoms. The van der Waals surface area contributed by atoms with Gasteiger partial charge in [-0.05, 0) is 37.4 Å². The number of aromatic amines is 1. The Morgan fingerprint density at radius 3 is 2.67 bits per heavy atom. The number of aromatic nitrogens is 4. The minimum atomic E-state index is -0.129. The van der Waals surface area contributed by atoms with Gasteiger partial charge in [-0.2, -0.15) is 9.50 Å². The van der Waals surface area contributed by atoms with Crippen LogP contribution < -0.4 is 10.9 Å². The fourth-order valence-corrected chi connectivity index (χ4v) is 3.32. The molecule has 3 heterocycles. The van der Waals surface area contributed by atoms with Crippen LogP contribution in [0.25, 0.3) is 5.78 Å². The first-order valence-corrected chi connectivity index (χ1v) is 9.16. The second-order valence-electron chi connectivity index (χ2n) is 7.09. The fraction of sp³-hybridized carbons (Fsp3) is 0.421. The van der Waals surface area contributed by atoms with E-state index in [1.807, 2.05) is 30.3 Å². The average Bonchev–Trinajstić information content (AvgIpc) is 3.06. The van der Waals surface area contributed by atoms with Crippen molar-refractivity contribution in [1.29, 1.82) is 0 Å². The molecule has 8 heteroatoms. The Bertz CT molecular complexity index is 930. The number of likely N-dealkylation sites (tertiary alicyclic amines) is 1. The molecule has 4 rings (SSSR count). The van der Waals surface area contributed by atoms with Gasteiger partial charge >= 0.3 is 0 Å². The first-order valence-electron chi connectivity index (χ1n) is 9.16. The standard InChI is InChI=1S/C19H24N6O.ClH/c1-14-7-9-24(10-8-14)13-16-11-17(26)25-19(21-16)22-18(23-25)20-12-15-5-3-2-4-6-15;/h2-6,11,14H,7-10,12-13H2,1H3,(H2,20,21,22,23);1H. The zero-order chi connectivity index (χ0) is 17.9. The topological polar surface area (TPSA) is 78.3 Å². The average molecular weight is 389 g/mol. The maximum atomic E-state index is 12.4. The number of nitrogens with zero attached hydrogens (tertiary/aromatic N) is 4. The van der Waals surface area contributed by atoms with Crippen LogP contribution in [0, 0.1) is 5.92 Å². The molecule has 0 aliphatic carbocycles. The Balaban J connectivity index is 0.00000210. The Morgan fingerprint density at radius 2 is 1.93 bits per heavy atom. The second kappa shape index (κ2) is 8.54. The number of benzene rings is 1. The Kier molecular flexibility index (Phi) is 6.13. The van der Waals surface area contributed by atoms with E-state index in [2.05, 4.69) is 32.2 Å². The molecule has 0 saturated carbocycles. The zero-order valence-corrected chi connectivity index (χ0v) is 16.2. The molecule has 2 N–H and O–H groups in total. The molecule has 0 spiro atoms. The van der Waals surface area contributed by atoms with Crippen molar-refractivity contribution in [3.8, 4) is 0 Å². The minimum absolute atomic E-state index is 0. The van der Waals surface area contributed by atoms with Crippen LogP contribution >= 0.6 is 12.4 Å². The van der Waals surface area contributed by atoms with E-state index >= 15 is 0 Å². The Hall–Kier alpha value is -2.38.